The number of ether oxygens (including phenoxy) is 1. The van der Waals surface area contributed by atoms with E-state index in [4.69, 9.17) is 16.3 Å². The summed E-state index contributed by atoms with van der Waals surface area (Å²) in [5.74, 6) is 0.530. The van der Waals surface area contributed by atoms with E-state index in [1.165, 1.54) is 11.3 Å². The molecule has 0 N–H and O–H groups in total. The first-order valence-electron chi connectivity index (χ1n) is 10.7. The highest BCUT2D eigenvalue weighted by Gasteiger charge is 2.23. The molecule has 0 saturated heterocycles. The van der Waals surface area contributed by atoms with Crippen molar-refractivity contribution in [3.05, 3.63) is 83.1 Å². The quantitative estimate of drug-likeness (QED) is 0.256. The van der Waals surface area contributed by atoms with Crippen LogP contribution in [0.3, 0.4) is 0 Å². The third-order valence-electron chi connectivity index (χ3n) is 4.98. The fourth-order valence-electron chi connectivity index (χ4n) is 3.32. The van der Waals surface area contributed by atoms with Crippen LogP contribution in [-0.4, -0.2) is 22.5 Å². The number of carbonyl (C=O) groups is 1. The Labute approximate surface area is 196 Å². The second kappa shape index (κ2) is 10.6. The summed E-state index contributed by atoms with van der Waals surface area (Å²) in [6, 6.07) is 18.6. The van der Waals surface area contributed by atoms with E-state index in [9.17, 15) is 4.79 Å². The van der Waals surface area contributed by atoms with Gasteiger partial charge in [0.05, 0.1) is 28.6 Å². The van der Waals surface area contributed by atoms with Gasteiger partial charge in [-0.15, -0.1) is 0 Å². The topological polar surface area (TPSA) is 55.3 Å². The number of thiazole rings is 1. The van der Waals surface area contributed by atoms with Gasteiger partial charge in [-0.3, -0.25) is 14.7 Å². The molecule has 1 amide bonds. The zero-order valence-corrected chi connectivity index (χ0v) is 19.4. The van der Waals surface area contributed by atoms with E-state index in [-0.39, 0.29) is 5.91 Å². The predicted molar refractivity (Wildman–Crippen MR) is 131 cm³/mol. The smallest absolute Gasteiger partial charge is 0.260 e. The Hall–Kier alpha value is -2.96. The Morgan fingerprint density at radius 3 is 2.75 bits per heavy atom. The average molecular weight is 466 g/mol. The Kier molecular flexibility index (Phi) is 7.35. The normalized spacial score (nSPS) is 10.9. The van der Waals surface area contributed by atoms with Crippen molar-refractivity contribution in [2.45, 2.75) is 32.7 Å². The van der Waals surface area contributed by atoms with Crippen molar-refractivity contribution in [1.82, 2.24) is 9.97 Å². The van der Waals surface area contributed by atoms with Crippen molar-refractivity contribution in [2.24, 2.45) is 0 Å². The van der Waals surface area contributed by atoms with E-state index >= 15 is 0 Å². The van der Waals surface area contributed by atoms with Gasteiger partial charge in [0.1, 0.15) is 11.3 Å². The monoisotopic (exact) mass is 465 g/mol. The highest BCUT2D eigenvalue weighted by Crippen LogP contribution is 2.34. The number of rotatable bonds is 9. The van der Waals surface area contributed by atoms with Crippen molar-refractivity contribution in [3.63, 3.8) is 0 Å². The number of nitrogens with zero attached hydrogens (tertiary/aromatic N) is 3. The molecule has 0 bridgehead atoms. The zero-order valence-electron chi connectivity index (χ0n) is 17.8. The minimum Gasteiger partial charge on any atom is -0.494 e. The second-order valence-electron chi connectivity index (χ2n) is 7.38. The van der Waals surface area contributed by atoms with E-state index in [1.807, 2.05) is 42.5 Å². The summed E-state index contributed by atoms with van der Waals surface area (Å²) in [5.41, 5.74) is 2.01. The highest BCUT2D eigenvalue weighted by molar-refractivity contribution is 7.22. The van der Waals surface area contributed by atoms with Gasteiger partial charge in [0, 0.05) is 11.8 Å². The summed E-state index contributed by atoms with van der Waals surface area (Å²) in [7, 11) is 0. The van der Waals surface area contributed by atoms with Crippen molar-refractivity contribution in [3.8, 4) is 5.75 Å². The number of para-hydroxylation sites is 1. The van der Waals surface area contributed by atoms with E-state index in [0.29, 0.717) is 40.1 Å². The maximum absolute atomic E-state index is 13.6. The molecule has 0 aliphatic carbocycles. The lowest BCUT2D eigenvalue weighted by molar-refractivity contribution is 0.0984. The SMILES string of the molecule is CCCCCOc1cccc(C(=O)N(Cc2ccccn2)c2nc3c(Cl)cccc3s2)c1. The number of carbonyl (C=O) groups excluding carboxylic acids is 1. The van der Waals surface area contributed by atoms with Crippen LogP contribution in [0.2, 0.25) is 5.02 Å². The predicted octanol–water partition coefficient (Wildman–Crippen LogP) is 6.76. The first-order chi connectivity index (χ1) is 15.7. The maximum Gasteiger partial charge on any atom is 0.260 e. The molecule has 0 saturated carbocycles. The van der Waals surface area contributed by atoms with Crippen LogP contribution < -0.4 is 9.64 Å². The van der Waals surface area contributed by atoms with Gasteiger partial charge in [0.25, 0.3) is 5.91 Å². The first-order valence-corrected chi connectivity index (χ1v) is 11.8. The lowest BCUT2D eigenvalue weighted by atomic mass is 10.2. The number of halogens is 1. The summed E-state index contributed by atoms with van der Waals surface area (Å²) in [5, 5.41) is 1.15. The molecule has 0 aliphatic heterocycles. The Morgan fingerprint density at radius 2 is 1.97 bits per heavy atom. The molecule has 0 radical (unpaired) electrons. The van der Waals surface area contributed by atoms with Gasteiger partial charge in [-0.1, -0.05) is 60.9 Å². The van der Waals surface area contributed by atoms with E-state index in [2.05, 4.69) is 16.9 Å². The van der Waals surface area contributed by atoms with Crippen molar-refractivity contribution < 1.29 is 9.53 Å². The number of pyridine rings is 1. The molecule has 4 rings (SSSR count). The number of aromatic nitrogens is 2. The summed E-state index contributed by atoms with van der Waals surface area (Å²) >= 11 is 7.77. The lowest BCUT2D eigenvalue weighted by Crippen LogP contribution is -2.30. The van der Waals surface area contributed by atoms with Crippen LogP contribution in [-0.2, 0) is 6.54 Å². The van der Waals surface area contributed by atoms with Crippen LogP contribution in [0, 0.1) is 0 Å². The van der Waals surface area contributed by atoms with Gasteiger partial charge in [-0.2, -0.15) is 0 Å². The molecule has 164 valence electrons. The van der Waals surface area contributed by atoms with Crippen LogP contribution in [0.5, 0.6) is 5.75 Å². The number of benzene rings is 2. The molecule has 0 unspecified atom stereocenters. The number of fused-ring (bicyclic) bond motifs is 1. The fraction of sp³-hybridized carbons (Fsp3) is 0.240. The summed E-state index contributed by atoms with van der Waals surface area (Å²) in [4.78, 5) is 24.3. The van der Waals surface area contributed by atoms with E-state index < -0.39 is 0 Å². The van der Waals surface area contributed by atoms with Gasteiger partial charge in [-0.05, 0) is 48.9 Å². The number of hydrogen-bond donors (Lipinski definition) is 0. The largest absolute Gasteiger partial charge is 0.494 e. The molecule has 7 heteroatoms. The van der Waals surface area contributed by atoms with Crippen LogP contribution in [0.1, 0.15) is 42.2 Å². The maximum atomic E-state index is 13.6. The van der Waals surface area contributed by atoms with Crippen molar-refractivity contribution >= 4 is 44.2 Å². The van der Waals surface area contributed by atoms with Gasteiger partial charge >= 0.3 is 0 Å². The molecule has 4 aromatic rings. The van der Waals surface area contributed by atoms with Gasteiger partial charge in [0.2, 0.25) is 0 Å². The summed E-state index contributed by atoms with van der Waals surface area (Å²) < 4.78 is 6.78. The first kappa shape index (κ1) is 22.2. The molecule has 0 aliphatic rings. The van der Waals surface area contributed by atoms with Crippen LogP contribution >= 0.6 is 22.9 Å². The molecule has 2 aromatic heterocycles. The molecular formula is C25H24ClN3O2S. The zero-order chi connectivity index (χ0) is 22.3. The standard InChI is InChI=1S/C25H24ClN3O2S/c1-2-3-6-15-31-20-11-7-9-18(16-20)24(30)29(17-19-10-4-5-14-27-19)25-28-23-21(26)12-8-13-22(23)32-25/h4-5,7-14,16H,2-3,6,15,17H2,1H3. The van der Waals surface area contributed by atoms with E-state index in [1.54, 1.807) is 29.3 Å². The van der Waals surface area contributed by atoms with Crippen LogP contribution in [0.4, 0.5) is 5.13 Å². The van der Waals surface area contributed by atoms with Crippen molar-refractivity contribution in [1.29, 1.82) is 0 Å². The molecule has 0 fully saturated rings. The Bertz CT molecular complexity index is 1200. The van der Waals surface area contributed by atoms with Crippen LogP contribution in [0.25, 0.3) is 10.2 Å². The summed E-state index contributed by atoms with van der Waals surface area (Å²) in [6.07, 6.45) is 4.97. The highest BCUT2D eigenvalue weighted by atomic mass is 35.5. The number of unbranched alkanes of at least 4 members (excludes halogenated alkanes) is 2. The van der Waals surface area contributed by atoms with Gasteiger partial charge in [-0.25, -0.2) is 4.98 Å². The fourth-order valence-corrected chi connectivity index (χ4v) is 4.58. The Morgan fingerprint density at radius 1 is 1.09 bits per heavy atom. The molecular weight excluding hydrogens is 442 g/mol. The molecule has 0 atom stereocenters. The lowest BCUT2D eigenvalue weighted by Gasteiger charge is -2.20. The number of hydrogen-bond acceptors (Lipinski definition) is 5. The number of anilines is 1. The number of amides is 1. The minimum atomic E-state index is -0.162. The van der Waals surface area contributed by atoms with Crippen LogP contribution in [0.15, 0.2) is 66.9 Å². The molecule has 0 spiro atoms. The summed E-state index contributed by atoms with van der Waals surface area (Å²) in [6.45, 7) is 3.10. The minimum absolute atomic E-state index is 0.162. The Balaban J connectivity index is 1.65. The molecule has 32 heavy (non-hydrogen) atoms. The molecule has 2 heterocycles. The third-order valence-corrected chi connectivity index (χ3v) is 6.33. The second-order valence-corrected chi connectivity index (χ2v) is 8.80. The van der Waals surface area contributed by atoms with Crippen molar-refractivity contribution in [2.75, 3.05) is 11.5 Å². The molecule has 5 nitrogen and oxygen atoms in total. The van der Waals surface area contributed by atoms with E-state index in [0.717, 1.165) is 29.7 Å². The van der Waals surface area contributed by atoms with Gasteiger partial charge in [0.15, 0.2) is 5.13 Å². The third kappa shape index (κ3) is 5.26. The molecule has 2 aromatic carbocycles. The average Bonchev–Trinajstić information content (AvgIpc) is 3.26. The van der Waals surface area contributed by atoms with Gasteiger partial charge < -0.3 is 4.74 Å².